The lowest BCUT2D eigenvalue weighted by Crippen LogP contribution is -2.27. The molecule has 0 aromatic heterocycles. The number of anilines is 1. The van der Waals surface area contributed by atoms with Crippen molar-refractivity contribution in [2.24, 2.45) is 0 Å². The largest absolute Gasteiger partial charge is 0.491 e. The molecule has 0 heterocycles. The van der Waals surface area contributed by atoms with Crippen LogP contribution in [0.4, 0.5) is 10.1 Å². The molecule has 0 bridgehead atoms. The van der Waals surface area contributed by atoms with Gasteiger partial charge in [-0.1, -0.05) is 13.8 Å². The molecule has 2 N–H and O–H groups in total. The van der Waals surface area contributed by atoms with E-state index in [2.05, 4.69) is 10.6 Å². The molecule has 5 heteroatoms. The number of hydrogen-bond acceptors (Lipinski definition) is 3. The fraction of sp³-hybridized carbons (Fsp3) is 0.500. The monoisotopic (exact) mass is 268 g/mol. The Morgan fingerprint density at radius 3 is 2.74 bits per heavy atom. The van der Waals surface area contributed by atoms with Crippen LogP contribution in [-0.4, -0.2) is 25.1 Å². The summed E-state index contributed by atoms with van der Waals surface area (Å²) in [5.74, 6) is -0.418. The first-order valence-electron chi connectivity index (χ1n) is 6.48. The standard InChI is InChI=1S/C14H21FN2O2/c1-4-19-13-6-5-11(9-12(13)15)17-14(18)7-8-16-10(2)3/h5-6,9-10,16H,4,7-8H2,1-3H3,(H,17,18). The second kappa shape index (κ2) is 7.74. The number of ether oxygens (including phenoxy) is 1. The van der Waals surface area contributed by atoms with Gasteiger partial charge in [0.25, 0.3) is 0 Å². The lowest BCUT2D eigenvalue weighted by molar-refractivity contribution is -0.116. The van der Waals surface area contributed by atoms with Gasteiger partial charge in [0.05, 0.1) is 6.61 Å². The molecule has 0 unspecified atom stereocenters. The fourth-order valence-corrected chi connectivity index (χ4v) is 1.55. The molecular formula is C14H21FN2O2. The van der Waals surface area contributed by atoms with Crippen molar-refractivity contribution in [2.75, 3.05) is 18.5 Å². The molecule has 0 spiro atoms. The zero-order valence-corrected chi connectivity index (χ0v) is 11.6. The van der Waals surface area contributed by atoms with Crippen LogP contribution in [0.1, 0.15) is 27.2 Å². The van der Waals surface area contributed by atoms with Crippen LogP contribution in [0.2, 0.25) is 0 Å². The topological polar surface area (TPSA) is 50.4 Å². The van der Waals surface area contributed by atoms with E-state index in [9.17, 15) is 9.18 Å². The molecule has 1 aromatic carbocycles. The Morgan fingerprint density at radius 1 is 1.42 bits per heavy atom. The van der Waals surface area contributed by atoms with Gasteiger partial charge < -0.3 is 15.4 Å². The van der Waals surface area contributed by atoms with Crippen molar-refractivity contribution in [2.45, 2.75) is 33.2 Å². The quantitative estimate of drug-likeness (QED) is 0.799. The maximum Gasteiger partial charge on any atom is 0.225 e. The van der Waals surface area contributed by atoms with Gasteiger partial charge in [0.15, 0.2) is 11.6 Å². The number of halogens is 1. The molecule has 0 atom stereocenters. The number of carbonyl (C=O) groups is 1. The molecular weight excluding hydrogens is 247 g/mol. The van der Waals surface area contributed by atoms with Crippen LogP contribution in [0.5, 0.6) is 5.75 Å². The SMILES string of the molecule is CCOc1ccc(NC(=O)CCNC(C)C)cc1F. The Hall–Kier alpha value is -1.62. The van der Waals surface area contributed by atoms with Gasteiger partial charge in [-0.2, -0.15) is 0 Å². The second-order valence-electron chi connectivity index (χ2n) is 4.49. The average molecular weight is 268 g/mol. The predicted molar refractivity (Wildman–Crippen MR) is 74.0 cm³/mol. The lowest BCUT2D eigenvalue weighted by atomic mass is 10.2. The van der Waals surface area contributed by atoms with Crippen molar-refractivity contribution in [3.8, 4) is 5.75 Å². The Morgan fingerprint density at radius 2 is 2.16 bits per heavy atom. The Kier molecular flexibility index (Phi) is 6.29. The van der Waals surface area contributed by atoms with Crippen molar-refractivity contribution in [3.05, 3.63) is 24.0 Å². The van der Waals surface area contributed by atoms with Crippen LogP contribution < -0.4 is 15.4 Å². The molecule has 0 saturated heterocycles. The fourth-order valence-electron chi connectivity index (χ4n) is 1.55. The summed E-state index contributed by atoms with van der Waals surface area (Å²) in [7, 11) is 0. The van der Waals surface area contributed by atoms with Crippen LogP contribution in [0, 0.1) is 5.82 Å². The molecule has 1 amide bonds. The number of benzene rings is 1. The zero-order chi connectivity index (χ0) is 14.3. The third-order valence-electron chi connectivity index (χ3n) is 2.42. The summed E-state index contributed by atoms with van der Waals surface area (Å²) in [4.78, 5) is 11.6. The minimum Gasteiger partial charge on any atom is -0.491 e. The van der Waals surface area contributed by atoms with Crippen molar-refractivity contribution in [1.29, 1.82) is 0 Å². The van der Waals surface area contributed by atoms with E-state index in [0.29, 0.717) is 31.3 Å². The van der Waals surface area contributed by atoms with Crippen LogP contribution in [0.15, 0.2) is 18.2 Å². The molecule has 19 heavy (non-hydrogen) atoms. The zero-order valence-electron chi connectivity index (χ0n) is 11.6. The summed E-state index contributed by atoms with van der Waals surface area (Å²) in [6.07, 6.45) is 0.354. The van der Waals surface area contributed by atoms with E-state index in [4.69, 9.17) is 4.74 Å². The minimum absolute atomic E-state index is 0.142. The van der Waals surface area contributed by atoms with Gasteiger partial charge in [-0.3, -0.25) is 4.79 Å². The summed E-state index contributed by atoms with van der Waals surface area (Å²) in [6, 6.07) is 4.75. The number of amides is 1. The Balaban J connectivity index is 2.48. The highest BCUT2D eigenvalue weighted by Crippen LogP contribution is 2.21. The molecule has 1 aromatic rings. The van der Waals surface area contributed by atoms with Crippen LogP contribution in [-0.2, 0) is 4.79 Å². The molecule has 0 aliphatic rings. The van der Waals surface area contributed by atoms with Gasteiger partial charge in [-0.05, 0) is 19.1 Å². The third kappa shape index (κ3) is 5.70. The summed E-state index contributed by atoms with van der Waals surface area (Å²) in [5.41, 5.74) is 0.440. The van der Waals surface area contributed by atoms with E-state index >= 15 is 0 Å². The van der Waals surface area contributed by atoms with Crippen molar-refractivity contribution in [1.82, 2.24) is 5.32 Å². The van der Waals surface area contributed by atoms with E-state index in [1.165, 1.54) is 12.1 Å². The van der Waals surface area contributed by atoms with Crippen LogP contribution in [0.3, 0.4) is 0 Å². The number of carbonyl (C=O) groups excluding carboxylic acids is 1. The number of rotatable bonds is 7. The molecule has 4 nitrogen and oxygen atoms in total. The summed E-state index contributed by atoms with van der Waals surface area (Å²) in [6.45, 7) is 6.82. The second-order valence-corrected chi connectivity index (χ2v) is 4.49. The van der Waals surface area contributed by atoms with E-state index in [0.717, 1.165) is 0 Å². The molecule has 0 radical (unpaired) electrons. The maximum atomic E-state index is 13.6. The highest BCUT2D eigenvalue weighted by atomic mass is 19.1. The maximum absolute atomic E-state index is 13.6. The molecule has 0 fully saturated rings. The molecule has 1 rings (SSSR count). The van der Waals surface area contributed by atoms with Crippen LogP contribution in [0.25, 0.3) is 0 Å². The van der Waals surface area contributed by atoms with Gasteiger partial charge in [0.2, 0.25) is 5.91 Å². The van der Waals surface area contributed by atoms with E-state index < -0.39 is 5.82 Å². The smallest absolute Gasteiger partial charge is 0.225 e. The first-order chi connectivity index (χ1) is 9.02. The van der Waals surface area contributed by atoms with Gasteiger partial charge in [0.1, 0.15) is 0 Å². The van der Waals surface area contributed by atoms with Crippen molar-refractivity contribution in [3.63, 3.8) is 0 Å². The third-order valence-corrected chi connectivity index (χ3v) is 2.42. The Bertz CT molecular complexity index is 422. The molecule has 0 aliphatic heterocycles. The summed E-state index contributed by atoms with van der Waals surface area (Å²) in [5, 5.41) is 5.80. The first-order valence-corrected chi connectivity index (χ1v) is 6.48. The number of hydrogen-bond donors (Lipinski definition) is 2. The molecule has 106 valence electrons. The van der Waals surface area contributed by atoms with Crippen LogP contribution >= 0.6 is 0 Å². The van der Waals surface area contributed by atoms with Crippen molar-refractivity contribution < 1.29 is 13.9 Å². The predicted octanol–water partition coefficient (Wildman–Crippen LogP) is 2.55. The van der Waals surface area contributed by atoms with Gasteiger partial charge in [-0.15, -0.1) is 0 Å². The highest BCUT2D eigenvalue weighted by Gasteiger charge is 2.07. The van der Waals surface area contributed by atoms with E-state index in [1.807, 2.05) is 13.8 Å². The highest BCUT2D eigenvalue weighted by molar-refractivity contribution is 5.90. The average Bonchev–Trinajstić information content (AvgIpc) is 2.32. The molecule has 0 saturated carbocycles. The van der Waals surface area contributed by atoms with E-state index in [-0.39, 0.29) is 11.7 Å². The van der Waals surface area contributed by atoms with Gasteiger partial charge in [-0.25, -0.2) is 4.39 Å². The van der Waals surface area contributed by atoms with E-state index in [1.54, 1.807) is 13.0 Å². The lowest BCUT2D eigenvalue weighted by Gasteiger charge is -2.10. The van der Waals surface area contributed by atoms with Gasteiger partial charge in [0, 0.05) is 30.8 Å². The minimum atomic E-state index is -0.472. The summed E-state index contributed by atoms with van der Waals surface area (Å²) >= 11 is 0. The molecule has 0 aliphatic carbocycles. The normalized spacial score (nSPS) is 10.6. The van der Waals surface area contributed by atoms with Crippen molar-refractivity contribution >= 4 is 11.6 Å². The Labute approximate surface area is 113 Å². The number of nitrogens with one attached hydrogen (secondary N) is 2. The summed E-state index contributed by atoms with van der Waals surface area (Å²) < 4.78 is 18.6. The first kappa shape index (κ1) is 15.4. The van der Waals surface area contributed by atoms with Gasteiger partial charge >= 0.3 is 0 Å².